The minimum absolute atomic E-state index is 0.174. The standard InChI is InChI=1S/C23H30FNO2S/c1-18(17-23(26)25-13-15-27-16-14-25)5-10-22-12-11-21(28-22)4-2-3-19-6-8-20(24)9-7-19/h6-9,11-12,18H,2-5,10,13-17H2,1H3. The molecule has 0 spiro atoms. The topological polar surface area (TPSA) is 29.5 Å². The first kappa shape index (κ1) is 21.0. The number of halogens is 1. The number of benzene rings is 1. The molecule has 1 aliphatic rings. The van der Waals surface area contributed by atoms with Crippen molar-refractivity contribution in [3.05, 3.63) is 57.5 Å². The predicted molar refractivity (Wildman–Crippen MR) is 112 cm³/mol. The number of carbonyl (C=O) groups excluding carboxylic acids is 1. The number of ether oxygens (including phenoxy) is 1. The molecule has 0 saturated carbocycles. The lowest BCUT2D eigenvalue weighted by Gasteiger charge is -2.27. The third-order valence-corrected chi connectivity index (χ3v) is 6.49. The monoisotopic (exact) mass is 403 g/mol. The van der Waals surface area contributed by atoms with Crippen LogP contribution in [-0.4, -0.2) is 37.1 Å². The van der Waals surface area contributed by atoms with Crippen LogP contribution in [0, 0.1) is 11.7 Å². The zero-order valence-electron chi connectivity index (χ0n) is 16.7. The SMILES string of the molecule is CC(CCc1ccc(CCCc2ccc(F)cc2)s1)CC(=O)N1CCOCC1. The van der Waals surface area contributed by atoms with Crippen LogP contribution in [0.25, 0.3) is 0 Å². The number of hydrogen-bond donors (Lipinski definition) is 0. The second kappa shape index (κ2) is 10.7. The van der Waals surface area contributed by atoms with E-state index in [1.54, 1.807) is 0 Å². The number of amides is 1. The van der Waals surface area contributed by atoms with Gasteiger partial charge in [0.2, 0.25) is 5.91 Å². The van der Waals surface area contributed by atoms with Gasteiger partial charge in [0.1, 0.15) is 5.82 Å². The van der Waals surface area contributed by atoms with E-state index in [0.717, 1.165) is 45.2 Å². The van der Waals surface area contributed by atoms with Crippen molar-refractivity contribution in [1.82, 2.24) is 4.90 Å². The predicted octanol–water partition coefficient (Wildman–Crippen LogP) is 4.88. The number of morpholine rings is 1. The lowest BCUT2D eigenvalue weighted by molar-refractivity contribution is -0.136. The molecule has 2 heterocycles. The molecule has 2 aromatic rings. The molecule has 1 atom stereocenters. The Kier molecular flexibility index (Phi) is 8.04. The van der Waals surface area contributed by atoms with E-state index in [1.807, 2.05) is 28.4 Å². The molecular formula is C23H30FNO2S. The summed E-state index contributed by atoms with van der Waals surface area (Å²) in [5.41, 5.74) is 1.19. The van der Waals surface area contributed by atoms with Gasteiger partial charge in [-0.15, -0.1) is 11.3 Å². The Morgan fingerprint density at radius 1 is 1.07 bits per heavy atom. The average molecular weight is 404 g/mol. The minimum Gasteiger partial charge on any atom is -0.378 e. The minimum atomic E-state index is -0.174. The lowest BCUT2D eigenvalue weighted by atomic mass is 10.0. The number of thiophene rings is 1. The highest BCUT2D eigenvalue weighted by Crippen LogP contribution is 2.23. The first-order valence-corrected chi connectivity index (χ1v) is 11.1. The third-order valence-electron chi connectivity index (χ3n) is 5.29. The van der Waals surface area contributed by atoms with Gasteiger partial charge in [0.15, 0.2) is 0 Å². The molecule has 1 amide bonds. The Morgan fingerprint density at radius 2 is 1.75 bits per heavy atom. The molecule has 3 nitrogen and oxygen atoms in total. The number of hydrogen-bond acceptors (Lipinski definition) is 3. The van der Waals surface area contributed by atoms with Gasteiger partial charge in [0.25, 0.3) is 0 Å². The fourth-order valence-corrected chi connectivity index (χ4v) is 4.61. The van der Waals surface area contributed by atoms with Crippen molar-refractivity contribution in [3.8, 4) is 0 Å². The Bertz CT molecular complexity index is 737. The van der Waals surface area contributed by atoms with Crippen LogP contribution in [0.5, 0.6) is 0 Å². The highest BCUT2D eigenvalue weighted by atomic mass is 32.1. The van der Waals surface area contributed by atoms with Crippen LogP contribution in [-0.2, 0) is 28.8 Å². The van der Waals surface area contributed by atoms with Crippen molar-refractivity contribution in [2.45, 2.75) is 45.4 Å². The van der Waals surface area contributed by atoms with E-state index in [2.05, 4.69) is 19.1 Å². The van der Waals surface area contributed by atoms with Crippen LogP contribution < -0.4 is 0 Å². The van der Waals surface area contributed by atoms with Gasteiger partial charge in [-0.2, -0.15) is 0 Å². The molecule has 5 heteroatoms. The summed E-state index contributed by atoms with van der Waals surface area (Å²) in [6.45, 7) is 4.98. The Morgan fingerprint density at radius 3 is 2.46 bits per heavy atom. The van der Waals surface area contributed by atoms with E-state index >= 15 is 0 Å². The molecule has 28 heavy (non-hydrogen) atoms. The first-order chi connectivity index (χ1) is 13.6. The molecule has 1 fully saturated rings. The van der Waals surface area contributed by atoms with Crippen LogP contribution in [0.4, 0.5) is 4.39 Å². The lowest BCUT2D eigenvalue weighted by Crippen LogP contribution is -2.41. The number of carbonyl (C=O) groups is 1. The average Bonchev–Trinajstić information content (AvgIpc) is 3.16. The van der Waals surface area contributed by atoms with Gasteiger partial charge in [0, 0.05) is 29.3 Å². The van der Waals surface area contributed by atoms with Crippen LogP contribution in [0.2, 0.25) is 0 Å². The summed E-state index contributed by atoms with van der Waals surface area (Å²) in [6.07, 6.45) is 5.85. The maximum atomic E-state index is 12.9. The number of rotatable bonds is 9. The first-order valence-electron chi connectivity index (χ1n) is 10.3. The van der Waals surface area contributed by atoms with Crippen molar-refractivity contribution in [1.29, 1.82) is 0 Å². The van der Waals surface area contributed by atoms with Crippen molar-refractivity contribution < 1.29 is 13.9 Å². The summed E-state index contributed by atoms with van der Waals surface area (Å²) in [6, 6.07) is 11.3. The zero-order chi connectivity index (χ0) is 19.8. The summed E-state index contributed by atoms with van der Waals surface area (Å²) < 4.78 is 18.3. The summed E-state index contributed by atoms with van der Waals surface area (Å²) in [4.78, 5) is 17.1. The Labute approximate surface area is 171 Å². The summed E-state index contributed by atoms with van der Waals surface area (Å²) in [5, 5.41) is 0. The fraction of sp³-hybridized carbons (Fsp3) is 0.522. The van der Waals surface area contributed by atoms with Crippen LogP contribution in [0.3, 0.4) is 0 Å². The van der Waals surface area contributed by atoms with Crippen LogP contribution in [0.15, 0.2) is 36.4 Å². The third kappa shape index (κ3) is 6.71. The molecule has 0 radical (unpaired) electrons. The number of nitrogens with zero attached hydrogens (tertiary/aromatic N) is 1. The number of aryl methyl sites for hydroxylation is 3. The van der Waals surface area contributed by atoms with Gasteiger partial charge in [0.05, 0.1) is 13.2 Å². The molecule has 1 aromatic heterocycles. The van der Waals surface area contributed by atoms with Crippen molar-refractivity contribution in [2.75, 3.05) is 26.3 Å². The van der Waals surface area contributed by atoms with E-state index in [-0.39, 0.29) is 11.7 Å². The molecule has 1 aliphatic heterocycles. The molecule has 1 unspecified atom stereocenters. The molecule has 152 valence electrons. The molecular weight excluding hydrogens is 373 g/mol. The van der Waals surface area contributed by atoms with Crippen molar-refractivity contribution in [2.24, 2.45) is 5.92 Å². The summed E-state index contributed by atoms with van der Waals surface area (Å²) in [7, 11) is 0. The summed E-state index contributed by atoms with van der Waals surface area (Å²) >= 11 is 1.89. The van der Waals surface area contributed by atoms with Crippen molar-refractivity contribution in [3.63, 3.8) is 0 Å². The quantitative estimate of drug-likeness (QED) is 0.597. The highest BCUT2D eigenvalue weighted by molar-refractivity contribution is 7.11. The molecule has 1 saturated heterocycles. The van der Waals surface area contributed by atoms with E-state index in [9.17, 15) is 9.18 Å². The largest absolute Gasteiger partial charge is 0.378 e. The second-order valence-corrected chi connectivity index (χ2v) is 8.94. The molecule has 1 aromatic carbocycles. The Balaban J connectivity index is 1.35. The Hall–Kier alpha value is -1.72. The van der Waals surface area contributed by atoms with Crippen LogP contribution in [0.1, 0.15) is 41.5 Å². The molecule has 3 rings (SSSR count). The van der Waals surface area contributed by atoms with Gasteiger partial charge >= 0.3 is 0 Å². The molecule has 0 aliphatic carbocycles. The van der Waals surface area contributed by atoms with Crippen LogP contribution >= 0.6 is 11.3 Å². The van der Waals surface area contributed by atoms with Gasteiger partial charge < -0.3 is 9.64 Å². The zero-order valence-corrected chi connectivity index (χ0v) is 17.5. The van der Waals surface area contributed by atoms with E-state index in [1.165, 1.54) is 27.5 Å². The molecule has 0 N–H and O–H groups in total. The van der Waals surface area contributed by atoms with Gasteiger partial charge in [-0.3, -0.25) is 4.79 Å². The van der Waals surface area contributed by atoms with E-state index in [0.29, 0.717) is 25.6 Å². The summed E-state index contributed by atoms with van der Waals surface area (Å²) in [5.74, 6) is 0.496. The van der Waals surface area contributed by atoms with Gasteiger partial charge in [-0.05, 0) is 67.9 Å². The highest BCUT2D eigenvalue weighted by Gasteiger charge is 2.19. The maximum Gasteiger partial charge on any atom is 0.222 e. The second-order valence-electron chi connectivity index (χ2n) is 7.69. The molecule has 0 bridgehead atoms. The van der Waals surface area contributed by atoms with Gasteiger partial charge in [-0.1, -0.05) is 19.1 Å². The fourth-order valence-electron chi connectivity index (χ4n) is 3.54. The van der Waals surface area contributed by atoms with E-state index < -0.39 is 0 Å². The van der Waals surface area contributed by atoms with E-state index in [4.69, 9.17) is 4.74 Å². The normalized spacial score (nSPS) is 15.6. The van der Waals surface area contributed by atoms with Crippen molar-refractivity contribution >= 4 is 17.2 Å². The smallest absolute Gasteiger partial charge is 0.222 e. The maximum absolute atomic E-state index is 12.9. The van der Waals surface area contributed by atoms with Gasteiger partial charge in [-0.25, -0.2) is 4.39 Å².